The van der Waals surface area contributed by atoms with Gasteiger partial charge in [0.05, 0.1) is 49.3 Å². The van der Waals surface area contributed by atoms with E-state index >= 15 is 0 Å². The zero-order chi connectivity index (χ0) is 26.0. The molecular weight excluding hydrogens is 706 g/mol. The first-order valence-electron chi connectivity index (χ1n) is 11.2. The summed E-state index contributed by atoms with van der Waals surface area (Å²) in [4.78, 5) is 31.9. The Morgan fingerprint density at radius 3 is 2.39 bits per heavy atom. The zero-order valence-corrected chi connectivity index (χ0v) is 25.3. The molecule has 0 N–H and O–H groups in total. The number of hydrogen-bond acceptors (Lipinski definition) is 7. The molecule has 1 atom stereocenters. The van der Waals surface area contributed by atoms with Gasteiger partial charge in [0.15, 0.2) is 4.80 Å². The summed E-state index contributed by atoms with van der Waals surface area (Å²) in [5.41, 5.74) is 2.33. The summed E-state index contributed by atoms with van der Waals surface area (Å²) in [5.74, 6) is 1.04. The number of rotatable bonds is 7. The first-order valence-corrected chi connectivity index (χ1v) is 14.2. The fourth-order valence-corrected chi connectivity index (χ4v) is 7.16. The van der Waals surface area contributed by atoms with Gasteiger partial charge in [0.25, 0.3) is 5.56 Å². The number of fused-ring (bicyclic) bond motifs is 1. The van der Waals surface area contributed by atoms with Crippen molar-refractivity contribution in [2.24, 2.45) is 4.99 Å². The standard InChI is InChI=1S/C26H24I2N2O5S/c1-5-34-23-18(27)11-15(12-19(23)28)13-20-24(31)30-22(16-7-9-17(33-4)10-8-16)21(25(32)35-6-2)14(3)29-26(30)36-20/h7-13,22H,5-6H2,1-4H3/b20-13-/t22-/m1/s1. The van der Waals surface area contributed by atoms with Gasteiger partial charge in [0, 0.05) is 0 Å². The lowest BCUT2D eigenvalue weighted by molar-refractivity contribution is -0.139. The van der Waals surface area contributed by atoms with Gasteiger partial charge in [-0.3, -0.25) is 9.36 Å². The molecule has 7 nitrogen and oxygen atoms in total. The summed E-state index contributed by atoms with van der Waals surface area (Å²) in [6.45, 7) is 6.29. The molecule has 0 unspecified atom stereocenters. The molecular formula is C26H24I2N2O5S. The first-order chi connectivity index (χ1) is 17.3. The van der Waals surface area contributed by atoms with Crippen LogP contribution in [0.2, 0.25) is 0 Å². The Labute approximate surface area is 239 Å². The van der Waals surface area contributed by atoms with Crippen LogP contribution < -0.4 is 24.4 Å². The van der Waals surface area contributed by atoms with Crippen molar-refractivity contribution in [2.45, 2.75) is 26.8 Å². The highest BCUT2D eigenvalue weighted by molar-refractivity contribution is 14.1. The van der Waals surface area contributed by atoms with Crippen molar-refractivity contribution < 1.29 is 19.0 Å². The van der Waals surface area contributed by atoms with E-state index in [1.807, 2.05) is 49.4 Å². The Hall–Kier alpha value is -2.19. The Kier molecular flexibility index (Phi) is 8.56. The highest BCUT2D eigenvalue weighted by Gasteiger charge is 2.33. The predicted octanol–water partition coefficient (Wildman–Crippen LogP) is 4.41. The smallest absolute Gasteiger partial charge is 0.338 e. The number of hydrogen-bond donors (Lipinski definition) is 0. The summed E-state index contributed by atoms with van der Waals surface area (Å²) < 4.78 is 20.4. The molecule has 2 heterocycles. The maximum absolute atomic E-state index is 13.8. The maximum atomic E-state index is 13.8. The number of allylic oxidation sites excluding steroid dienone is 1. The number of thiazole rings is 1. The Morgan fingerprint density at radius 2 is 1.81 bits per heavy atom. The molecule has 36 heavy (non-hydrogen) atoms. The van der Waals surface area contributed by atoms with Crippen molar-refractivity contribution in [3.8, 4) is 11.5 Å². The quantitative estimate of drug-likeness (QED) is 0.266. The van der Waals surface area contributed by atoms with Crippen LogP contribution in [0.5, 0.6) is 11.5 Å². The number of methoxy groups -OCH3 is 1. The SMILES string of the molecule is CCOC(=O)C1=C(C)N=c2s/c(=C\c3cc(I)c(OCC)c(I)c3)c(=O)n2[C@@H]1c1ccc(OC)cc1. The molecule has 0 radical (unpaired) electrons. The number of nitrogens with zero attached hydrogens (tertiary/aromatic N) is 2. The molecule has 0 bridgehead atoms. The van der Waals surface area contributed by atoms with Gasteiger partial charge in [-0.05, 0) is 107 Å². The third kappa shape index (κ3) is 5.25. The number of benzene rings is 2. The second-order valence-electron chi connectivity index (χ2n) is 7.82. The van der Waals surface area contributed by atoms with Gasteiger partial charge in [-0.25, -0.2) is 9.79 Å². The van der Waals surface area contributed by atoms with Crippen molar-refractivity contribution in [3.63, 3.8) is 0 Å². The van der Waals surface area contributed by atoms with Gasteiger partial charge in [-0.15, -0.1) is 0 Å². The molecule has 10 heteroatoms. The van der Waals surface area contributed by atoms with Crippen molar-refractivity contribution in [3.05, 3.63) is 85.6 Å². The van der Waals surface area contributed by atoms with Crippen LogP contribution in [0.15, 0.2) is 57.5 Å². The fourth-order valence-electron chi connectivity index (χ4n) is 3.99. The van der Waals surface area contributed by atoms with E-state index < -0.39 is 12.0 Å². The number of halogens is 2. The second-order valence-corrected chi connectivity index (χ2v) is 11.2. The average Bonchev–Trinajstić information content (AvgIpc) is 3.15. The summed E-state index contributed by atoms with van der Waals surface area (Å²) in [6.07, 6.45) is 1.86. The van der Waals surface area contributed by atoms with Crippen molar-refractivity contribution >= 4 is 68.6 Å². The highest BCUT2D eigenvalue weighted by Crippen LogP contribution is 2.32. The average molecular weight is 730 g/mol. The van der Waals surface area contributed by atoms with E-state index in [2.05, 4.69) is 50.2 Å². The number of ether oxygens (including phenoxy) is 3. The molecule has 0 fully saturated rings. The third-order valence-electron chi connectivity index (χ3n) is 5.56. The summed E-state index contributed by atoms with van der Waals surface area (Å²) in [7, 11) is 1.59. The molecule has 4 rings (SSSR count). The Bertz CT molecular complexity index is 1500. The monoisotopic (exact) mass is 730 g/mol. The third-order valence-corrected chi connectivity index (χ3v) is 8.14. The van der Waals surface area contributed by atoms with Crippen LogP contribution in [0.4, 0.5) is 0 Å². The second kappa shape index (κ2) is 11.5. The van der Waals surface area contributed by atoms with Crippen LogP contribution in [0.25, 0.3) is 6.08 Å². The lowest BCUT2D eigenvalue weighted by Gasteiger charge is -2.24. The van der Waals surface area contributed by atoms with E-state index in [4.69, 9.17) is 14.2 Å². The van der Waals surface area contributed by atoms with Gasteiger partial charge >= 0.3 is 5.97 Å². The topological polar surface area (TPSA) is 79.1 Å². The highest BCUT2D eigenvalue weighted by atomic mass is 127. The molecule has 3 aromatic rings. The lowest BCUT2D eigenvalue weighted by Crippen LogP contribution is -2.39. The van der Waals surface area contributed by atoms with Crippen LogP contribution >= 0.6 is 56.5 Å². The number of esters is 1. The van der Waals surface area contributed by atoms with E-state index in [9.17, 15) is 9.59 Å². The molecule has 0 saturated carbocycles. The van der Waals surface area contributed by atoms with Crippen molar-refractivity contribution in [2.75, 3.05) is 20.3 Å². The first kappa shape index (κ1) is 26.9. The molecule has 0 saturated heterocycles. The minimum atomic E-state index is -0.658. The molecule has 0 aliphatic carbocycles. The van der Waals surface area contributed by atoms with Gasteiger partial charge in [-0.2, -0.15) is 0 Å². The van der Waals surface area contributed by atoms with E-state index in [-0.39, 0.29) is 12.2 Å². The lowest BCUT2D eigenvalue weighted by atomic mass is 9.96. The minimum Gasteiger partial charge on any atom is -0.497 e. The minimum absolute atomic E-state index is 0.215. The molecule has 1 aliphatic heterocycles. The zero-order valence-electron chi connectivity index (χ0n) is 20.1. The number of carbonyl (C=O) groups is 1. The molecule has 2 aromatic carbocycles. The van der Waals surface area contributed by atoms with Crippen molar-refractivity contribution in [1.82, 2.24) is 4.57 Å². The van der Waals surface area contributed by atoms with Crippen molar-refractivity contribution in [1.29, 1.82) is 0 Å². The molecule has 1 aliphatic rings. The van der Waals surface area contributed by atoms with Gasteiger partial charge in [0.1, 0.15) is 11.5 Å². The van der Waals surface area contributed by atoms with Crippen LogP contribution in [0.3, 0.4) is 0 Å². The maximum Gasteiger partial charge on any atom is 0.338 e. The summed E-state index contributed by atoms with van der Waals surface area (Å²) >= 11 is 5.79. The van der Waals surface area contributed by atoms with Crippen LogP contribution in [-0.4, -0.2) is 30.9 Å². The predicted molar refractivity (Wildman–Crippen MR) is 156 cm³/mol. The van der Waals surface area contributed by atoms with Gasteiger partial charge in [0.2, 0.25) is 0 Å². The number of carbonyl (C=O) groups excluding carboxylic acids is 1. The summed E-state index contributed by atoms with van der Waals surface area (Å²) in [5, 5.41) is 0. The van der Waals surface area contributed by atoms with E-state index in [0.717, 1.165) is 24.0 Å². The van der Waals surface area contributed by atoms with Crippen LogP contribution in [-0.2, 0) is 9.53 Å². The molecule has 0 amide bonds. The molecule has 0 spiro atoms. The molecule has 188 valence electrons. The molecule has 1 aromatic heterocycles. The Balaban J connectivity index is 1.91. The normalized spacial score (nSPS) is 15.4. The van der Waals surface area contributed by atoms with Crippen LogP contribution in [0, 0.1) is 7.14 Å². The van der Waals surface area contributed by atoms with E-state index in [1.54, 1.807) is 25.5 Å². The number of aromatic nitrogens is 1. The Morgan fingerprint density at radius 1 is 1.14 bits per heavy atom. The van der Waals surface area contributed by atoms with Gasteiger partial charge in [-0.1, -0.05) is 23.5 Å². The fraction of sp³-hybridized carbons (Fsp3) is 0.269. The van der Waals surface area contributed by atoms with Crippen LogP contribution in [0.1, 0.15) is 37.9 Å². The van der Waals surface area contributed by atoms with E-state index in [1.165, 1.54) is 11.3 Å². The van der Waals surface area contributed by atoms with Gasteiger partial charge < -0.3 is 14.2 Å². The van der Waals surface area contributed by atoms with E-state index in [0.29, 0.717) is 33.0 Å². The largest absolute Gasteiger partial charge is 0.497 e. The summed E-state index contributed by atoms with van der Waals surface area (Å²) in [6, 6.07) is 10.7.